The molecule has 1 N–H and O–H groups in total. The van der Waals surface area contributed by atoms with Gasteiger partial charge in [0.2, 0.25) is 15.9 Å². The van der Waals surface area contributed by atoms with Crippen LogP contribution in [0, 0.1) is 0 Å². The molecule has 1 aromatic heterocycles. The number of nitrogens with zero attached hydrogens (tertiary/aromatic N) is 4. The number of hydrogen-bond donors (Lipinski definition) is 1. The molecule has 10 heteroatoms. The summed E-state index contributed by atoms with van der Waals surface area (Å²) in [4.78, 5) is 27.0. The van der Waals surface area contributed by atoms with Crippen molar-refractivity contribution in [3.8, 4) is 0 Å². The minimum Gasteiger partial charge on any atom is -0.349 e. The maximum Gasteiger partial charge on any atom is 0.254 e. The summed E-state index contributed by atoms with van der Waals surface area (Å²) in [5.41, 5.74) is 1.30. The van der Waals surface area contributed by atoms with Gasteiger partial charge >= 0.3 is 0 Å². The molecule has 4 rings (SSSR count). The van der Waals surface area contributed by atoms with Gasteiger partial charge < -0.3 is 10.2 Å². The number of benzene rings is 1. The molecule has 2 aliphatic rings. The topological polar surface area (TPSA) is 105 Å². The van der Waals surface area contributed by atoms with Crippen molar-refractivity contribution in [2.45, 2.75) is 49.5 Å². The Morgan fingerprint density at radius 1 is 1.00 bits per heavy atom. The highest BCUT2D eigenvalue weighted by molar-refractivity contribution is 7.89. The lowest BCUT2D eigenvalue weighted by Crippen LogP contribution is -2.46. The quantitative estimate of drug-likeness (QED) is 0.615. The minimum absolute atomic E-state index is 0.0226. The number of piperidine rings is 1. The highest BCUT2D eigenvalue weighted by Crippen LogP contribution is 2.21. The lowest BCUT2D eigenvalue weighted by Gasteiger charge is -2.31. The van der Waals surface area contributed by atoms with Gasteiger partial charge in [-0.25, -0.2) is 8.42 Å². The third kappa shape index (κ3) is 6.37. The van der Waals surface area contributed by atoms with Gasteiger partial charge in [0, 0.05) is 51.5 Å². The molecule has 35 heavy (non-hydrogen) atoms. The van der Waals surface area contributed by atoms with Crippen LogP contribution < -0.4 is 5.32 Å². The van der Waals surface area contributed by atoms with E-state index >= 15 is 0 Å². The molecular formula is C25H33N5O4S. The van der Waals surface area contributed by atoms with Gasteiger partial charge in [-0.2, -0.15) is 9.40 Å². The molecule has 2 aliphatic heterocycles. The van der Waals surface area contributed by atoms with Gasteiger partial charge in [-0.15, -0.1) is 0 Å². The van der Waals surface area contributed by atoms with Gasteiger partial charge in [0.05, 0.1) is 16.7 Å². The van der Waals surface area contributed by atoms with Crippen molar-refractivity contribution in [1.82, 2.24) is 24.3 Å². The summed E-state index contributed by atoms with van der Waals surface area (Å²) < 4.78 is 29.0. The van der Waals surface area contributed by atoms with Crippen LogP contribution in [0.4, 0.5) is 0 Å². The number of carbonyl (C=O) groups is 2. The smallest absolute Gasteiger partial charge is 0.254 e. The second kappa shape index (κ2) is 11.2. The van der Waals surface area contributed by atoms with Crippen molar-refractivity contribution >= 4 is 27.9 Å². The van der Waals surface area contributed by atoms with Crippen molar-refractivity contribution in [3.05, 3.63) is 53.9 Å². The molecule has 0 unspecified atom stereocenters. The SMILES string of the molecule is Cn1cc(C(=O)NC2CCN(C(=O)/C=C/c3ccc(S(=O)(=O)N4CCCCCC4)cc3)CC2)cn1. The van der Waals surface area contributed by atoms with E-state index < -0.39 is 10.0 Å². The largest absolute Gasteiger partial charge is 0.349 e. The van der Waals surface area contributed by atoms with Crippen LogP contribution in [0.2, 0.25) is 0 Å². The predicted octanol–water partition coefficient (Wildman–Crippen LogP) is 2.42. The Bertz CT molecular complexity index is 1160. The summed E-state index contributed by atoms with van der Waals surface area (Å²) in [6.07, 6.45) is 11.8. The van der Waals surface area contributed by atoms with Crippen LogP contribution in [0.1, 0.15) is 54.4 Å². The van der Waals surface area contributed by atoms with E-state index in [0.29, 0.717) is 49.5 Å². The van der Waals surface area contributed by atoms with Crippen LogP contribution in [0.5, 0.6) is 0 Å². The Balaban J connectivity index is 1.27. The van der Waals surface area contributed by atoms with Crippen LogP contribution >= 0.6 is 0 Å². The average molecular weight is 500 g/mol. The lowest BCUT2D eigenvalue weighted by atomic mass is 10.0. The molecule has 1 aromatic carbocycles. The summed E-state index contributed by atoms with van der Waals surface area (Å²) in [7, 11) is -1.72. The number of amides is 2. The summed E-state index contributed by atoms with van der Waals surface area (Å²) in [5.74, 6) is -0.243. The van der Waals surface area contributed by atoms with Crippen molar-refractivity contribution in [2.75, 3.05) is 26.2 Å². The van der Waals surface area contributed by atoms with Gasteiger partial charge in [-0.3, -0.25) is 14.3 Å². The van der Waals surface area contributed by atoms with E-state index in [4.69, 9.17) is 0 Å². The minimum atomic E-state index is -3.48. The maximum atomic E-state index is 12.9. The Labute approximate surface area is 206 Å². The molecule has 0 aliphatic carbocycles. The molecule has 3 heterocycles. The fourth-order valence-corrected chi connectivity index (χ4v) is 6.02. The zero-order valence-corrected chi connectivity index (χ0v) is 20.9. The van der Waals surface area contributed by atoms with Crippen molar-refractivity contribution < 1.29 is 18.0 Å². The molecule has 0 saturated carbocycles. The van der Waals surface area contributed by atoms with Crippen LogP contribution in [-0.4, -0.2) is 71.4 Å². The van der Waals surface area contributed by atoms with E-state index in [-0.39, 0.29) is 17.9 Å². The van der Waals surface area contributed by atoms with Gasteiger partial charge in [0.15, 0.2) is 0 Å². The molecule has 0 spiro atoms. The second-order valence-corrected chi connectivity index (χ2v) is 11.1. The average Bonchev–Trinajstić information content (AvgIpc) is 3.11. The fraction of sp³-hybridized carbons (Fsp3) is 0.480. The third-order valence-electron chi connectivity index (χ3n) is 6.61. The molecular weight excluding hydrogens is 466 g/mol. The number of aromatic nitrogens is 2. The molecule has 2 fully saturated rings. The first kappa shape index (κ1) is 25.1. The zero-order chi connectivity index (χ0) is 24.8. The van der Waals surface area contributed by atoms with E-state index in [9.17, 15) is 18.0 Å². The Morgan fingerprint density at radius 3 is 2.26 bits per heavy atom. The van der Waals surface area contributed by atoms with Crippen molar-refractivity contribution in [2.24, 2.45) is 7.05 Å². The summed E-state index contributed by atoms with van der Waals surface area (Å²) >= 11 is 0. The molecule has 2 amide bonds. The van der Waals surface area contributed by atoms with Gasteiger partial charge in [0.1, 0.15) is 0 Å². The summed E-state index contributed by atoms with van der Waals surface area (Å²) in [5, 5.41) is 7.03. The van der Waals surface area contributed by atoms with Crippen molar-refractivity contribution in [3.63, 3.8) is 0 Å². The van der Waals surface area contributed by atoms with Gasteiger partial charge in [-0.1, -0.05) is 25.0 Å². The Kier molecular flexibility index (Phi) is 8.02. The first-order valence-corrected chi connectivity index (χ1v) is 13.6. The Morgan fingerprint density at radius 2 is 1.66 bits per heavy atom. The predicted molar refractivity (Wildman–Crippen MR) is 133 cm³/mol. The maximum absolute atomic E-state index is 12.9. The van der Waals surface area contributed by atoms with E-state index in [1.54, 1.807) is 57.5 Å². The van der Waals surface area contributed by atoms with Crippen LogP contribution in [0.3, 0.4) is 0 Å². The number of rotatable bonds is 6. The normalized spacial score (nSPS) is 18.5. The molecule has 0 atom stereocenters. The van der Waals surface area contributed by atoms with E-state index in [1.807, 2.05) is 0 Å². The van der Waals surface area contributed by atoms with Crippen LogP contribution in [0.15, 0.2) is 47.6 Å². The number of aryl methyl sites for hydroxylation is 1. The van der Waals surface area contributed by atoms with E-state index in [2.05, 4.69) is 10.4 Å². The first-order valence-electron chi connectivity index (χ1n) is 12.2. The number of hydrogen-bond acceptors (Lipinski definition) is 5. The molecule has 0 bridgehead atoms. The summed E-state index contributed by atoms with van der Waals surface area (Å²) in [6, 6.07) is 6.71. The molecule has 9 nitrogen and oxygen atoms in total. The number of nitrogens with one attached hydrogen (secondary N) is 1. The lowest BCUT2D eigenvalue weighted by molar-refractivity contribution is -0.127. The number of sulfonamides is 1. The number of likely N-dealkylation sites (tertiary alicyclic amines) is 1. The zero-order valence-electron chi connectivity index (χ0n) is 20.1. The molecule has 188 valence electrons. The third-order valence-corrected chi connectivity index (χ3v) is 8.52. The van der Waals surface area contributed by atoms with E-state index in [0.717, 1.165) is 31.2 Å². The van der Waals surface area contributed by atoms with Gasteiger partial charge in [-0.05, 0) is 49.5 Å². The van der Waals surface area contributed by atoms with Gasteiger partial charge in [0.25, 0.3) is 5.91 Å². The number of carbonyl (C=O) groups excluding carboxylic acids is 2. The molecule has 2 saturated heterocycles. The highest BCUT2D eigenvalue weighted by Gasteiger charge is 2.25. The standard InChI is InChI=1S/C25H33N5O4S/c1-28-19-21(18-26-28)25(32)27-22-12-16-29(17-13-22)24(31)11-8-20-6-9-23(10-7-20)35(33,34)30-14-4-2-3-5-15-30/h6-11,18-19,22H,2-5,12-17H2,1H3,(H,27,32)/b11-8+. The highest BCUT2D eigenvalue weighted by atomic mass is 32.2. The summed E-state index contributed by atoms with van der Waals surface area (Å²) in [6.45, 7) is 2.27. The van der Waals surface area contributed by atoms with Crippen LogP contribution in [-0.2, 0) is 21.9 Å². The monoisotopic (exact) mass is 499 g/mol. The fourth-order valence-electron chi connectivity index (χ4n) is 4.51. The van der Waals surface area contributed by atoms with Crippen LogP contribution in [0.25, 0.3) is 6.08 Å². The first-order chi connectivity index (χ1) is 16.8. The molecule has 2 aromatic rings. The molecule has 0 radical (unpaired) electrons. The van der Waals surface area contributed by atoms with E-state index in [1.165, 1.54) is 12.3 Å². The van der Waals surface area contributed by atoms with Crippen molar-refractivity contribution in [1.29, 1.82) is 0 Å². The second-order valence-electron chi connectivity index (χ2n) is 9.20. The Hall–Kier alpha value is -2.98.